The molecule has 0 aliphatic heterocycles. The number of carbonyl (C=O) groups excluding carboxylic acids is 1. The van der Waals surface area contributed by atoms with Crippen LogP contribution in [0.15, 0.2) is 18.2 Å². The summed E-state index contributed by atoms with van der Waals surface area (Å²) in [4.78, 5) is 23.0. The molecule has 0 saturated heterocycles. The van der Waals surface area contributed by atoms with Crippen LogP contribution in [0.2, 0.25) is 0 Å². The van der Waals surface area contributed by atoms with Gasteiger partial charge in [-0.3, -0.25) is 4.79 Å². The van der Waals surface area contributed by atoms with Crippen LogP contribution < -0.4 is 10.5 Å². The molecule has 0 heterocycles. The fourth-order valence-electron chi connectivity index (χ4n) is 2.60. The highest BCUT2D eigenvalue weighted by Crippen LogP contribution is 2.30. The minimum absolute atomic E-state index is 0.0540. The SMILES string of the molecule is NC[C@H]1CC[C@H](C(=O)Oc2cc(O)cc(C(=O)O)c2)CC1. The van der Waals surface area contributed by atoms with E-state index in [0.29, 0.717) is 12.5 Å². The first-order valence-electron chi connectivity index (χ1n) is 6.98. The number of phenolic OH excluding ortho intramolecular Hbond substituents is 1. The number of benzene rings is 1. The van der Waals surface area contributed by atoms with Crippen LogP contribution in [0.4, 0.5) is 0 Å². The fourth-order valence-corrected chi connectivity index (χ4v) is 2.60. The van der Waals surface area contributed by atoms with E-state index in [4.69, 9.17) is 15.6 Å². The number of carboxylic acids is 1. The van der Waals surface area contributed by atoms with Crippen LogP contribution in [0.25, 0.3) is 0 Å². The molecule has 1 aliphatic carbocycles. The smallest absolute Gasteiger partial charge is 0.335 e. The lowest BCUT2D eigenvalue weighted by Gasteiger charge is -2.26. The highest BCUT2D eigenvalue weighted by atomic mass is 16.5. The van der Waals surface area contributed by atoms with E-state index < -0.39 is 5.97 Å². The third-order valence-corrected chi connectivity index (χ3v) is 3.87. The van der Waals surface area contributed by atoms with Gasteiger partial charge in [-0.05, 0) is 50.3 Å². The Bertz CT molecular complexity index is 535. The number of esters is 1. The fraction of sp³-hybridized carbons (Fsp3) is 0.467. The van der Waals surface area contributed by atoms with Crippen molar-refractivity contribution in [1.29, 1.82) is 0 Å². The molecular formula is C15H19NO5. The van der Waals surface area contributed by atoms with Crippen molar-refractivity contribution in [2.24, 2.45) is 17.6 Å². The number of carbonyl (C=O) groups is 2. The molecule has 1 aliphatic rings. The lowest BCUT2D eigenvalue weighted by Crippen LogP contribution is -2.28. The van der Waals surface area contributed by atoms with Crippen molar-refractivity contribution in [3.05, 3.63) is 23.8 Å². The van der Waals surface area contributed by atoms with E-state index in [0.717, 1.165) is 31.7 Å². The topological polar surface area (TPSA) is 110 Å². The zero-order valence-corrected chi connectivity index (χ0v) is 11.6. The number of aromatic hydroxyl groups is 1. The van der Waals surface area contributed by atoms with Crippen LogP contribution >= 0.6 is 0 Å². The van der Waals surface area contributed by atoms with E-state index in [-0.39, 0.29) is 28.9 Å². The van der Waals surface area contributed by atoms with Crippen molar-refractivity contribution in [3.63, 3.8) is 0 Å². The minimum atomic E-state index is -1.19. The van der Waals surface area contributed by atoms with E-state index in [9.17, 15) is 14.7 Å². The molecular weight excluding hydrogens is 274 g/mol. The van der Waals surface area contributed by atoms with Gasteiger partial charge in [-0.1, -0.05) is 0 Å². The minimum Gasteiger partial charge on any atom is -0.508 e. The van der Waals surface area contributed by atoms with Gasteiger partial charge in [-0.15, -0.1) is 0 Å². The molecule has 2 rings (SSSR count). The molecule has 0 spiro atoms. The zero-order valence-electron chi connectivity index (χ0n) is 11.6. The number of carboxylic acid groups (broad SMARTS) is 1. The van der Waals surface area contributed by atoms with Crippen LogP contribution in [0, 0.1) is 11.8 Å². The van der Waals surface area contributed by atoms with E-state index in [1.54, 1.807) is 0 Å². The molecule has 6 heteroatoms. The monoisotopic (exact) mass is 293 g/mol. The zero-order chi connectivity index (χ0) is 15.4. The van der Waals surface area contributed by atoms with E-state index in [1.807, 2.05) is 0 Å². The quantitative estimate of drug-likeness (QED) is 0.576. The largest absolute Gasteiger partial charge is 0.508 e. The molecule has 114 valence electrons. The second kappa shape index (κ2) is 6.58. The summed E-state index contributed by atoms with van der Waals surface area (Å²) >= 11 is 0. The highest BCUT2D eigenvalue weighted by molar-refractivity contribution is 5.89. The van der Waals surface area contributed by atoms with Gasteiger partial charge in [0.05, 0.1) is 11.5 Å². The van der Waals surface area contributed by atoms with Gasteiger partial charge in [0.2, 0.25) is 0 Å². The summed E-state index contributed by atoms with van der Waals surface area (Å²) in [5, 5.41) is 18.4. The second-order valence-corrected chi connectivity index (χ2v) is 5.40. The molecule has 1 aromatic rings. The summed E-state index contributed by atoms with van der Waals surface area (Å²) in [5.74, 6) is -1.49. The van der Waals surface area contributed by atoms with Gasteiger partial charge in [-0.25, -0.2) is 4.79 Å². The Kier molecular flexibility index (Phi) is 4.80. The number of rotatable bonds is 4. The molecule has 0 unspecified atom stereocenters. The number of hydrogen-bond acceptors (Lipinski definition) is 5. The van der Waals surface area contributed by atoms with Gasteiger partial charge in [-0.2, -0.15) is 0 Å². The third kappa shape index (κ3) is 3.95. The van der Waals surface area contributed by atoms with Crippen LogP contribution in [-0.4, -0.2) is 28.7 Å². The lowest BCUT2D eigenvalue weighted by atomic mass is 9.82. The Balaban J connectivity index is 2.01. The van der Waals surface area contributed by atoms with Crippen molar-refractivity contribution in [2.45, 2.75) is 25.7 Å². The van der Waals surface area contributed by atoms with Crippen LogP contribution in [0.3, 0.4) is 0 Å². The summed E-state index contributed by atoms with van der Waals surface area (Å²) in [6.45, 7) is 0.635. The first-order valence-corrected chi connectivity index (χ1v) is 6.98. The molecule has 0 radical (unpaired) electrons. The Hall–Kier alpha value is -2.08. The molecule has 1 saturated carbocycles. The molecule has 1 aromatic carbocycles. The normalized spacial score (nSPS) is 21.8. The van der Waals surface area contributed by atoms with E-state index in [1.165, 1.54) is 12.1 Å². The van der Waals surface area contributed by atoms with Gasteiger partial charge in [0.15, 0.2) is 0 Å². The predicted molar refractivity (Wildman–Crippen MR) is 75.2 cm³/mol. The number of ether oxygens (including phenoxy) is 1. The Morgan fingerprint density at radius 2 is 1.86 bits per heavy atom. The lowest BCUT2D eigenvalue weighted by molar-refractivity contribution is -0.140. The van der Waals surface area contributed by atoms with Crippen LogP contribution in [0.5, 0.6) is 11.5 Å². The standard InChI is InChI=1S/C15H19NO5/c16-8-9-1-3-10(4-2-9)15(20)21-13-6-11(14(18)19)5-12(17)7-13/h5-7,9-10,17H,1-4,8,16H2,(H,18,19)/t9-,10-. The summed E-state index contributed by atoms with van der Waals surface area (Å²) < 4.78 is 5.20. The molecule has 0 amide bonds. The maximum Gasteiger partial charge on any atom is 0.335 e. The maximum atomic E-state index is 12.1. The van der Waals surface area contributed by atoms with Gasteiger partial charge in [0, 0.05) is 6.07 Å². The Morgan fingerprint density at radius 3 is 2.43 bits per heavy atom. The Labute approximate surface area is 122 Å². The first-order chi connectivity index (χ1) is 9.99. The number of aromatic carboxylic acids is 1. The maximum absolute atomic E-state index is 12.1. The van der Waals surface area contributed by atoms with Crippen molar-refractivity contribution >= 4 is 11.9 Å². The van der Waals surface area contributed by atoms with Crippen molar-refractivity contribution in [3.8, 4) is 11.5 Å². The number of phenols is 1. The summed E-state index contributed by atoms with van der Waals surface area (Å²) in [5.41, 5.74) is 5.49. The van der Waals surface area contributed by atoms with Crippen LogP contribution in [-0.2, 0) is 4.79 Å². The summed E-state index contributed by atoms with van der Waals surface area (Å²) in [6.07, 6.45) is 3.25. The van der Waals surface area contributed by atoms with Crippen molar-refractivity contribution in [1.82, 2.24) is 0 Å². The third-order valence-electron chi connectivity index (χ3n) is 3.87. The second-order valence-electron chi connectivity index (χ2n) is 5.40. The first kappa shape index (κ1) is 15.3. The number of hydrogen-bond donors (Lipinski definition) is 3. The number of nitrogens with two attached hydrogens (primary N) is 1. The molecule has 21 heavy (non-hydrogen) atoms. The Morgan fingerprint density at radius 1 is 1.19 bits per heavy atom. The van der Waals surface area contributed by atoms with Gasteiger partial charge in [0.1, 0.15) is 11.5 Å². The average molecular weight is 293 g/mol. The molecule has 1 fully saturated rings. The van der Waals surface area contributed by atoms with Crippen molar-refractivity contribution in [2.75, 3.05) is 6.54 Å². The highest BCUT2D eigenvalue weighted by Gasteiger charge is 2.27. The summed E-state index contributed by atoms with van der Waals surface area (Å²) in [7, 11) is 0. The molecule has 0 atom stereocenters. The summed E-state index contributed by atoms with van der Waals surface area (Å²) in [6, 6.07) is 3.56. The van der Waals surface area contributed by atoms with Crippen molar-refractivity contribution < 1.29 is 24.5 Å². The average Bonchev–Trinajstić information content (AvgIpc) is 2.46. The van der Waals surface area contributed by atoms with Crippen LogP contribution in [0.1, 0.15) is 36.0 Å². The predicted octanol–water partition coefficient (Wildman–Crippen LogP) is 1.76. The molecule has 0 bridgehead atoms. The molecule has 4 N–H and O–H groups in total. The molecule has 0 aromatic heterocycles. The van der Waals surface area contributed by atoms with E-state index in [2.05, 4.69) is 0 Å². The molecule has 6 nitrogen and oxygen atoms in total. The van der Waals surface area contributed by atoms with Gasteiger partial charge in [0.25, 0.3) is 0 Å². The van der Waals surface area contributed by atoms with Gasteiger partial charge >= 0.3 is 11.9 Å². The van der Waals surface area contributed by atoms with E-state index >= 15 is 0 Å². The van der Waals surface area contributed by atoms with Gasteiger partial charge < -0.3 is 20.7 Å².